The largest absolute Gasteiger partial charge is 0.390 e. The van der Waals surface area contributed by atoms with Gasteiger partial charge in [0.1, 0.15) is 17.7 Å². The molecule has 124 valence electrons. The van der Waals surface area contributed by atoms with Crippen molar-refractivity contribution in [2.75, 3.05) is 11.9 Å². The summed E-state index contributed by atoms with van der Waals surface area (Å²) in [7, 11) is 0. The molecule has 2 N–H and O–H groups in total. The topological polar surface area (TPSA) is 88.7 Å². The molecule has 0 spiro atoms. The van der Waals surface area contributed by atoms with E-state index in [0.29, 0.717) is 17.8 Å². The van der Waals surface area contributed by atoms with Gasteiger partial charge in [0.05, 0.1) is 11.3 Å². The van der Waals surface area contributed by atoms with Crippen molar-refractivity contribution in [3.8, 4) is 12.1 Å². The second-order valence-electron chi connectivity index (χ2n) is 5.32. The van der Waals surface area contributed by atoms with Crippen LogP contribution in [0.25, 0.3) is 0 Å². The van der Waals surface area contributed by atoms with Gasteiger partial charge in [-0.2, -0.15) is 10.5 Å². The highest BCUT2D eigenvalue weighted by molar-refractivity contribution is 6.07. The van der Waals surface area contributed by atoms with E-state index in [1.807, 2.05) is 30.3 Å². The highest BCUT2D eigenvalue weighted by Crippen LogP contribution is 2.14. The highest BCUT2D eigenvalue weighted by Gasteiger charge is 2.11. The van der Waals surface area contributed by atoms with Gasteiger partial charge in [0.25, 0.3) is 5.91 Å². The van der Waals surface area contributed by atoms with E-state index in [1.54, 1.807) is 24.3 Å². The van der Waals surface area contributed by atoms with Crippen molar-refractivity contribution in [2.45, 2.75) is 12.8 Å². The fourth-order valence-corrected chi connectivity index (χ4v) is 2.24. The number of benzene rings is 2. The van der Waals surface area contributed by atoms with Crippen molar-refractivity contribution in [2.24, 2.45) is 0 Å². The first-order valence-electron chi connectivity index (χ1n) is 7.92. The van der Waals surface area contributed by atoms with Gasteiger partial charge in [-0.1, -0.05) is 42.5 Å². The lowest BCUT2D eigenvalue weighted by Crippen LogP contribution is -2.18. The summed E-state index contributed by atoms with van der Waals surface area (Å²) in [6, 6.07) is 20.6. The monoisotopic (exact) mass is 330 g/mol. The summed E-state index contributed by atoms with van der Waals surface area (Å²) in [6.45, 7) is 0.655. The first kappa shape index (κ1) is 17.8. The van der Waals surface area contributed by atoms with Crippen LogP contribution in [-0.4, -0.2) is 12.5 Å². The highest BCUT2D eigenvalue weighted by atomic mass is 16.1. The Bertz CT molecular complexity index is 829. The summed E-state index contributed by atoms with van der Waals surface area (Å²) in [6.07, 6.45) is 3.22. The lowest BCUT2D eigenvalue weighted by atomic mass is 10.1. The molecule has 2 aromatic rings. The van der Waals surface area contributed by atoms with E-state index < -0.39 is 5.91 Å². The molecule has 0 saturated heterocycles. The van der Waals surface area contributed by atoms with Crippen molar-refractivity contribution < 1.29 is 4.79 Å². The molecule has 1 amide bonds. The number of nitrogens with one attached hydrogen (secondary N) is 2. The van der Waals surface area contributed by atoms with Gasteiger partial charge in [-0.3, -0.25) is 4.79 Å². The summed E-state index contributed by atoms with van der Waals surface area (Å²) in [5.74, 6) is -0.541. The normalized spacial score (nSPS) is 10.4. The lowest BCUT2D eigenvalue weighted by Gasteiger charge is -2.06. The Morgan fingerprint density at radius 2 is 1.76 bits per heavy atom. The standard InChI is InChI=1S/C20H18N4O/c21-13-17-10-4-5-11-19(17)24-20(25)18(14-22)15-23-12-6-9-16-7-2-1-3-8-16/h1-5,7-8,10-11,15,23H,6,9,12H2,(H,24,25)/b18-15-. The third-order valence-corrected chi connectivity index (χ3v) is 3.54. The smallest absolute Gasteiger partial charge is 0.267 e. The van der Waals surface area contributed by atoms with Gasteiger partial charge in [-0.25, -0.2) is 0 Å². The zero-order valence-corrected chi connectivity index (χ0v) is 13.7. The molecule has 0 aliphatic rings. The fraction of sp³-hybridized carbons (Fsp3) is 0.150. The number of para-hydroxylation sites is 1. The molecule has 0 radical (unpaired) electrons. The molecule has 2 aromatic carbocycles. The molecule has 0 fully saturated rings. The van der Waals surface area contributed by atoms with Gasteiger partial charge >= 0.3 is 0 Å². The van der Waals surface area contributed by atoms with E-state index in [1.165, 1.54) is 11.8 Å². The molecule has 0 aliphatic carbocycles. The first-order valence-corrected chi connectivity index (χ1v) is 7.92. The van der Waals surface area contributed by atoms with E-state index in [2.05, 4.69) is 22.8 Å². The van der Waals surface area contributed by atoms with Crippen LogP contribution < -0.4 is 10.6 Å². The number of amides is 1. The number of carbonyl (C=O) groups excluding carboxylic acids is 1. The van der Waals surface area contributed by atoms with Gasteiger partial charge < -0.3 is 10.6 Å². The summed E-state index contributed by atoms with van der Waals surface area (Å²) in [5.41, 5.74) is 1.95. The molecule has 0 aromatic heterocycles. The first-order chi connectivity index (χ1) is 12.2. The quantitative estimate of drug-likeness (QED) is 0.464. The summed E-state index contributed by atoms with van der Waals surface area (Å²) < 4.78 is 0. The Kier molecular flexibility index (Phi) is 6.79. The number of carbonyl (C=O) groups is 1. The molecule has 0 aliphatic heterocycles. The Morgan fingerprint density at radius 1 is 1.04 bits per heavy atom. The average Bonchev–Trinajstić information content (AvgIpc) is 2.66. The van der Waals surface area contributed by atoms with Gasteiger partial charge in [0, 0.05) is 12.7 Å². The van der Waals surface area contributed by atoms with Crippen LogP contribution >= 0.6 is 0 Å². The van der Waals surface area contributed by atoms with Crippen LogP contribution in [-0.2, 0) is 11.2 Å². The minimum absolute atomic E-state index is 0.0348. The van der Waals surface area contributed by atoms with Gasteiger partial charge in [-0.15, -0.1) is 0 Å². The molecule has 2 rings (SSSR count). The van der Waals surface area contributed by atoms with Crippen LogP contribution in [0.1, 0.15) is 17.5 Å². The Balaban J connectivity index is 1.86. The van der Waals surface area contributed by atoms with Crippen LogP contribution in [0, 0.1) is 22.7 Å². The number of rotatable bonds is 7. The second kappa shape index (κ2) is 9.54. The Morgan fingerprint density at radius 3 is 2.48 bits per heavy atom. The molecule has 0 saturated carbocycles. The molecule has 25 heavy (non-hydrogen) atoms. The fourth-order valence-electron chi connectivity index (χ4n) is 2.24. The van der Waals surface area contributed by atoms with Gasteiger partial charge in [0.2, 0.25) is 0 Å². The van der Waals surface area contributed by atoms with E-state index in [9.17, 15) is 4.79 Å². The van der Waals surface area contributed by atoms with Crippen molar-refractivity contribution in [3.63, 3.8) is 0 Å². The number of anilines is 1. The summed E-state index contributed by atoms with van der Waals surface area (Å²) >= 11 is 0. The third-order valence-electron chi connectivity index (χ3n) is 3.54. The number of hydrogen-bond acceptors (Lipinski definition) is 4. The Labute approximate surface area is 147 Å². The number of aryl methyl sites for hydroxylation is 1. The van der Waals surface area contributed by atoms with Crippen molar-refractivity contribution >= 4 is 11.6 Å². The van der Waals surface area contributed by atoms with E-state index >= 15 is 0 Å². The van der Waals surface area contributed by atoms with Gasteiger partial charge in [0.15, 0.2) is 0 Å². The van der Waals surface area contributed by atoms with Crippen LogP contribution in [0.15, 0.2) is 66.4 Å². The minimum atomic E-state index is -0.541. The van der Waals surface area contributed by atoms with E-state index in [4.69, 9.17) is 10.5 Å². The molecule has 0 heterocycles. The van der Waals surface area contributed by atoms with Crippen LogP contribution in [0.2, 0.25) is 0 Å². The lowest BCUT2D eigenvalue weighted by molar-refractivity contribution is -0.112. The van der Waals surface area contributed by atoms with Gasteiger partial charge in [-0.05, 0) is 30.5 Å². The molecular formula is C20H18N4O. The maximum absolute atomic E-state index is 12.1. The number of nitrogens with zero attached hydrogens (tertiary/aromatic N) is 2. The maximum atomic E-state index is 12.1. The molecular weight excluding hydrogens is 312 g/mol. The average molecular weight is 330 g/mol. The molecule has 5 nitrogen and oxygen atoms in total. The zero-order chi connectivity index (χ0) is 17.9. The van der Waals surface area contributed by atoms with E-state index in [-0.39, 0.29) is 5.57 Å². The maximum Gasteiger partial charge on any atom is 0.267 e. The predicted molar refractivity (Wildman–Crippen MR) is 96.2 cm³/mol. The van der Waals surface area contributed by atoms with Crippen molar-refractivity contribution in [1.29, 1.82) is 10.5 Å². The molecule has 0 atom stereocenters. The zero-order valence-electron chi connectivity index (χ0n) is 13.7. The number of nitriles is 2. The second-order valence-corrected chi connectivity index (χ2v) is 5.32. The molecule has 0 bridgehead atoms. The third kappa shape index (κ3) is 5.53. The minimum Gasteiger partial charge on any atom is -0.390 e. The predicted octanol–water partition coefficient (Wildman–Crippen LogP) is 3.13. The van der Waals surface area contributed by atoms with Crippen LogP contribution in [0.3, 0.4) is 0 Å². The van der Waals surface area contributed by atoms with Crippen LogP contribution in [0.5, 0.6) is 0 Å². The number of hydrogen-bond donors (Lipinski definition) is 2. The Hall–Kier alpha value is -3.57. The SMILES string of the molecule is N#C/C(=C/NCCCc1ccccc1)C(=O)Nc1ccccc1C#N. The van der Waals surface area contributed by atoms with E-state index in [0.717, 1.165) is 12.8 Å². The van der Waals surface area contributed by atoms with Crippen LogP contribution in [0.4, 0.5) is 5.69 Å². The van der Waals surface area contributed by atoms with Crippen molar-refractivity contribution in [1.82, 2.24) is 5.32 Å². The molecule has 5 heteroatoms. The summed E-state index contributed by atoms with van der Waals surface area (Å²) in [4.78, 5) is 12.1. The molecule has 0 unspecified atom stereocenters. The summed E-state index contributed by atoms with van der Waals surface area (Å²) in [5, 5.41) is 23.8. The van der Waals surface area contributed by atoms with Crippen molar-refractivity contribution in [3.05, 3.63) is 77.5 Å².